The number of nitrogens with zero attached hydrogens (tertiary/aromatic N) is 2. The monoisotopic (exact) mass is 503 g/mol. The number of pyridine rings is 1. The lowest BCUT2D eigenvalue weighted by atomic mass is 10.1. The molecule has 0 aliphatic rings. The number of guanidine groups is 1. The molecule has 2 rings (SSSR count). The van der Waals surface area contributed by atoms with E-state index in [1.54, 1.807) is 55.5 Å². The molecule has 146 valence electrons. The molecule has 1 heterocycles. The Balaban J connectivity index is 0.00000364. The first-order valence-corrected chi connectivity index (χ1v) is 9.42. The molecule has 9 heteroatoms. The van der Waals surface area contributed by atoms with Crippen LogP contribution in [0.5, 0.6) is 0 Å². The highest BCUT2D eigenvalue weighted by molar-refractivity contribution is 14.0. The number of anilines is 1. The standard InChI is InChI=1S/C18H22FN5OS.HI/c1-20-18(23-11-17(25)24-16-4-3-7-21-10-16)22-9-13-5-6-15(19)8-14(13)12-26-2;/h3-8,10H,9,11-12H2,1-2H3,(H,24,25)(H2,20,22,23);1H. The maximum Gasteiger partial charge on any atom is 0.243 e. The quantitative estimate of drug-likeness (QED) is 0.308. The summed E-state index contributed by atoms with van der Waals surface area (Å²) in [6, 6.07) is 8.26. The zero-order valence-corrected chi connectivity index (χ0v) is 18.3. The van der Waals surface area contributed by atoms with Gasteiger partial charge in [0, 0.05) is 25.5 Å². The Bertz CT molecular complexity index is 761. The van der Waals surface area contributed by atoms with Gasteiger partial charge in [-0.05, 0) is 41.6 Å². The molecular formula is C18H23FIN5OS. The van der Waals surface area contributed by atoms with Gasteiger partial charge in [-0.1, -0.05) is 6.07 Å². The number of benzene rings is 1. The highest BCUT2D eigenvalue weighted by Gasteiger charge is 2.07. The van der Waals surface area contributed by atoms with Crippen molar-refractivity contribution in [3.63, 3.8) is 0 Å². The molecule has 0 bridgehead atoms. The lowest BCUT2D eigenvalue weighted by Crippen LogP contribution is -2.41. The van der Waals surface area contributed by atoms with Gasteiger partial charge in [-0.3, -0.25) is 14.8 Å². The lowest BCUT2D eigenvalue weighted by Gasteiger charge is -2.14. The van der Waals surface area contributed by atoms with Crippen LogP contribution in [-0.4, -0.2) is 36.7 Å². The summed E-state index contributed by atoms with van der Waals surface area (Å²) in [5.41, 5.74) is 2.56. The van der Waals surface area contributed by atoms with Crippen LogP contribution in [0.25, 0.3) is 0 Å². The molecule has 27 heavy (non-hydrogen) atoms. The number of aliphatic imine (C=N–C) groups is 1. The van der Waals surface area contributed by atoms with Gasteiger partial charge in [0.15, 0.2) is 5.96 Å². The van der Waals surface area contributed by atoms with E-state index in [-0.39, 0.29) is 42.2 Å². The fraction of sp³-hybridized carbons (Fsp3) is 0.278. The molecule has 0 spiro atoms. The van der Waals surface area contributed by atoms with Crippen LogP contribution in [0, 0.1) is 5.82 Å². The summed E-state index contributed by atoms with van der Waals surface area (Å²) in [7, 11) is 1.63. The molecule has 0 radical (unpaired) electrons. The maximum atomic E-state index is 13.4. The minimum atomic E-state index is -0.243. The average molecular weight is 503 g/mol. The van der Waals surface area contributed by atoms with E-state index >= 15 is 0 Å². The fourth-order valence-corrected chi connectivity index (χ4v) is 2.84. The first-order valence-electron chi connectivity index (χ1n) is 8.03. The van der Waals surface area contributed by atoms with E-state index in [0.29, 0.717) is 18.2 Å². The lowest BCUT2D eigenvalue weighted by molar-refractivity contribution is -0.115. The molecule has 1 aromatic heterocycles. The topological polar surface area (TPSA) is 78.4 Å². The Morgan fingerprint density at radius 1 is 1.26 bits per heavy atom. The molecule has 3 N–H and O–H groups in total. The van der Waals surface area contributed by atoms with Gasteiger partial charge in [0.2, 0.25) is 5.91 Å². The number of hydrogen-bond donors (Lipinski definition) is 3. The second-order valence-electron chi connectivity index (χ2n) is 5.42. The predicted octanol–water partition coefficient (Wildman–Crippen LogP) is 3.01. The van der Waals surface area contributed by atoms with Crippen LogP contribution in [-0.2, 0) is 17.1 Å². The summed E-state index contributed by atoms with van der Waals surface area (Å²) in [4.78, 5) is 20.0. The zero-order valence-electron chi connectivity index (χ0n) is 15.2. The number of aromatic nitrogens is 1. The van der Waals surface area contributed by atoms with E-state index < -0.39 is 0 Å². The zero-order chi connectivity index (χ0) is 18.8. The van der Waals surface area contributed by atoms with Crippen molar-refractivity contribution in [2.75, 3.05) is 25.2 Å². The van der Waals surface area contributed by atoms with Crippen LogP contribution in [0.1, 0.15) is 11.1 Å². The fourth-order valence-electron chi connectivity index (χ4n) is 2.26. The minimum absolute atomic E-state index is 0. The smallest absolute Gasteiger partial charge is 0.243 e. The number of carbonyl (C=O) groups excluding carboxylic acids is 1. The third kappa shape index (κ3) is 8.12. The molecule has 0 saturated carbocycles. The third-order valence-corrected chi connectivity index (χ3v) is 4.10. The summed E-state index contributed by atoms with van der Waals surface area (Å²) in [6.45, 7) is 0.551. The van der Waals surface area contributed by atoms with Crippen molar-refractivity contribution >= 4 is 53.3 Å². The van der Waals surface area contributed by atoms with E-state index in [0.717, 1.165) is 16.9 Å². The predicted molar refractivity (Wildman–Crippen MR) is 120 cm³/mol. The second kappa shape index (κ2) is 12.5. The minimum Gasteiger partial charge on any atom is -0.352 e. The molecule has 0 saturated heterocycles. The van der Waals surface area contributed by atoms with Gasteiger partial charge in [0.25, 0.3) is 0 Å². The molecule has 0 atom stereocenters. The van der Waals surface area contributed by atoms with E-state index in [1.165, 1.54) is 6.07 Å². The summed E-state index contributed by atoms with van der Waals surface area (Å²) < 4.78 is 13.4. The summed E-state index contributed by atoms with van der Waals surface area (Å²) in [6.07, 6.45) is 5.19. The highest BCUT2D eigenvalue weighted by atomic mass is 127. The molecule has 0 aliphatic carbocycles. The van der Waals surface area contributed by atoms with Gasteiger partial charge in [-0.2, -0.15) is 11.8 Å². The van der Waals surface area contributed by atoms with E-state index in [9.17, 15) is 9.18 Å². The van der Waals surface area contributed by atoms with E-state index in [2.05, 4.69) is 25.9 Å². The summed E-state index contributed by atoms with van der Waals surface area (Å²) in [5.74, 6) is 0.776. The van der Waals surface area contributed by atoms with Gasteiger partial charge in [0.1, 0.15) is 5.82 Å². The largest absolute Gasteiger partial charge is 0.352 e. The maximum absolute atomic E-state index is 13.4. The van der Waals surface area contributed by atoms with Gasteiger partial charge in [0.05, 0.1) is 18.4 Å². The molecule has 0 unspecified atom stereocenters. The number of nitrogens with one attached hydrogen (secondary N) is 3. The molecule has 6 nitrogen and oxygen atoms in total. The van der Waals surface area contributed by atoms with Crippen LogP contribution in [0.3, 0.4) is 0 Å². The van der Waals surface area contributed by atoms with E-state index in [1.807, 2.05) is 6.26 Å². The van der Waals surface area contributed by atoms with Crippen molar-refractivity contribution in [1.82, 2.24) is 15.6 Å². The summed E-state index contributed by atoms with van der Waals surface area (Å²) >= 11 is 1.63. The van der Waals surface area contributed by atoms with Crippen molar-refractivity contribution in [2.45, 2.75) is 12.3 Å². The number of amides is 1. The van der Waals surface area contributed by atoms with Crippen LogP contribution >= 0.6 is 35.7 Å². The van der Waals surface area contributed by atoms with Gasteiger partial charge in [-0.25, -0.2) is 4.39 Å². The first-order chi connectivity index (χ1) is 12.6. The van der Waals surface area contributed by atoms with Crippen molar-refractivity contribution < 1.29 is 9.18 Å². The van der Waals surface area contributed by atoms with E-state index in [4.69, 9.17) is 0 Å². The molecule has 2 aromatic rings. The molecule has 0 aliphatic heterocycles. The van der Waals surface area contributed by atoms with Gasteiger partial charge >= 0.3 is 0 Å². The Labute approximate surface area is 179 Å². The number of hydrogen-bond acceptors (Lipinski definition) is 4. The van der Waals surface area contributed by atoms with Crippen LogP contribution in [0.15, 0.2) is 47.7 Å². The van der Waals surface area contributed by atoms with Crippen molar-refractivity contribution in [3.8, 4) is 0 Å². The Morgan fingerprint density at radius 3 is 2.74 bits per heavy atom. The summed E-state index contributed by atoms with van der Waals surface area (Å²) in [5, 5.41) is 8.82. The van der Waals surface area contributed by atoms with Crippen LogP contribution in [0.4, 0.5) is 10.1 Å². The van der Waals surface area contributed by atoms with Crippen LogP contribution < -0.4 is 16.0 Å². The average Bonchev–Trinajstić information content (AvgIpc) is 2.64. The normalized spacial score (nSPS) is 10.7. The second-order valence-corrected chi connectivity index (χ2v) is 6.28. The van der Waals surface area contributed by atoms with Gasteiger partial charge in [-0.15, -0.1) is 24.0 Å². The third-order valence-electron chi connectivity index (χ3n) is 3.50. The molecule has 1 amide bonds. The number of carbonyl (C=O) groups is 1. The molecule has 0 fully saturated rings. The number of thioether (sulfide) groups is 1. The van der Waals surface area contributed by atoms with Crippen molar-refractivity contribution in [3.05, 3.63) is 59.7 Å². The number of halogens is 2. The van der Waals surface area contributed by atoms with Crippen molar-refractivity contribution in [2.24, 2.45) is 4.99 Å². The SMILES string of the molecule is CN=C(NCC(=O)Nc1cccnc1)NCc1ccc(F)cc1CSC.I. The number of rotatable bonds is 7. The first kappa shape index (κ1) is 23.2. The Hall–Kier alpha value is -1.88. The van der Waals surface area contributed by atoms with Crippen LogP contribution in [0.2, 0.25) is 0 Å². The highest BCUT2D eigenvalue weighted by Crippen LogP contribution is 2.16. The Kier molecular flexibility index (Phi) is 10.7. The van der Waals surface area contributed by atoms with Gasteiger partial charge < -0.3 is 16.0 Å². The molecule has 1 aromatic carbocycles. The Morgan fingerprint density at radius 2 is 2.07 bits per heavy atom. The van der Waals surface area contributed by atoms with Crippen molar-refractivity contribution in [1.29, 1.82) is 0 Å². The molecular weight excluding hydrogens is 480 g/mol.